The number of nitrogens with one attached hydrogen (secondary N) is 1. The average Bonchev–Trinajstić information content (AvgIpc) is 3.05. The van der Waals surface area contributed by atoms with Crippen molar-refractivity contribution in [3.05, 3.63) is 50.3 Å². The van der Waals surface area contributed by atoms with E-state index in [4.69, 9.17) is 10.5 Å². The number of nitrogens with two attached hydrogens (primary N) is 1. The molecule has 1 heterocycles. The van der Waals surface area contributed by atoms with Crippen LogP contribution in [0, 0.1) is 0 Å². The maximum absolute atomic E-state index is 12.1. The molecule has 2 rings (SSSR count). The summed E-state index contributed by atoms with van der Waals surface area (Å²) >= 11 is 4.08. The van der Waals surface area contributed by atoms with Crippen LogP contribution in [0.1, 0.15) is 36.0 Å². The molecule has 0 saturated heterocycles. The Morgan fingerprint density at radius 3 is 2.45 bits per heavy atom. The summed E-state index contributed by atoms with van der Waals surface area (Å²) in [4.78, 5) is 48.0. The van der Waals surface area contributed by atoms with Crippen molar-refractivity contribution in [2.45, 2.75) is 6.61 Å². The number of anilines is 1. The van der Waals surface area contributed by atoms with E-state index in [0.717, 1.165) is 18.4 Å². The van der Waals surface area contributed by atoms with Crippen molar-refractivity contribution in [1.29, 1.82) is 0 Å². The average molecular weight is 485 g/mol. The number of hydrogen-bond acceptors (Lipinski definition) is 9. The Morgan fingerprint density at radius 2 is 1.83 bits per heavy atom. The monoisotopic (exact) mass is 484 g/mol. The molecule has 0 bridgehead atoms. The Morgan fingerprint density at radius 1 is 1.14 bits per heavy atom. The van der Waals surface area contributed by atoms with E-state index in [9.17, 15) is 19.2 Å². The zero-order valence-corrected chi connectivity index (χ0v) is 17.8. The van der Waals surface area contributed by atoms with Gasteiger partial charge in [0.15, 0.2) is 0 Å². The molecule has 9 nitrogen and oxygen atoms in total. The molecule has 3 N–H and O–H groups in total. The van der Waals surface area contributed by atoms with Gasteiger partial charge in [-0.25, -0.2) is 9.59 Å². The van der Waals surface area contributed by atoms with E-state index in [-0.39, 0.29) is 21.0 Å². The van der Waals surface area contributed by atoms with Crippen molar-refractivity contribution in [1.82, 2.24) is 5.32 Å². The van der Waals surface area contributed by atoms with Crippen molar-refractivity contribution in [3.8, 4) is 0 Å². The van der Waals surface area contributed by atoms with Gasteiger partial charge in [-0.2, -0.15) is 0 Å². The largest absolute Gasteiger partial charge is 0.465 e. The lowest BCUT2D eigenvalue weighted by Crippen LogP contribution is -2.30. The second-order valence-corrected chi connectivity index (χ2v) is 7.45. The number of nitrogen functional groups attached to an aromatic ring is 1. The summed E-state index contributed by atoms with van der Waals surface area (Å²) in [7, 11) is 2.33. The highest BCUT2D eigenvalue weighted by atomic mass is 79.9. The first-order valence-corrected chi connectivity index (χ1v) is 9.66. The fourth-order valence-electron chi connectivity index (χ4n) is 2.29. The zero-order chi connectivity index (χ0) is 21.6. The van der Waals surface area contributed by atoms with Gasteiger partial charge < -0.3 is 25.3 Å². The lowest BCUT2D eigenvalue weighted by Gasteiger charge is -2.09. The van der Waals surface area contributed by atoms with Crippen LogP contribution in [-0.4, -0.2) is 44.6 Å². The first kappa shape index (κ1) is 22.4. The van der Waals surface area contributed by atoms with E-state index in [1.807, 2.05) is 0 Å². The normalized spacial score (nSPS) is 10.2. The van der Waals surface area contributed by atoms with Crippen LogP contribution >= 0.6 is 27.3 Å². The number of thiophene rings is 1. The molecule has 0 unspecified atom stereocenters. The molecule has 0 aliphatic carbocycles. The maximum atomic E-state index is 12.1. The smallest absolute Gasteiger partial charge is 0.348 e. The summed E-state index contributed by atoms with van der Waals surface area (Å²) in [5.74, 6) is -2.74. The Labute approximate surface area is 178 Å². The molecule has 0 spiro atoms. The van der Waals surface area contributed by atoms with Crippen LogP contribution in [0.5, 0.6) is 0 Å². The number of carbonyl (C=O) groups excluding carboxylic acids is 4. The lowest BCUT2D eigenvalue weighted by atomic mass is 10.1. The van der Waals surface area contributed by atoms with Crippen molar-refractivity contribution < 1.29 is 33.4 Å². The van der Waals surface area contributed by atoms with E-state index in [0.29, 0.717) is 10.0 Å². The summed E-state index contributed by atoms with van der Waals surface area (Å²) in [6.07, 6.45) is 0. The number of halogens is 1. The molecule has 154 valence electrons. The van der Waals surface area contributed by atoms with Gasteiger partial charge in [0, 0.05) is 15.6 Å². The molecule has 0 radical (unpaired) electrons. The van der Waals surface area contributed by atoms with E-state index < -0.39 is 37.0 Å². The number of rotatable bonds is 7. The van der Waals surface area contributed by atoms with Gasteiger partial charge in [0.1, 0.15) is 28.6 Å². The van der Waals surface area contributed by atoms with E-state index in [2.05, 4.69) is 30.7 Å². The number of methoxy groups -OCH3 is 2. The van der Waals surface area contributed by atoms with Gasteiger partial charge in [-0.1, -0.05) is 22.0 Å². The zero-order valence-electron chi connectivity index (χ0n) is 15.4. The Hall–Kier alpha value is -2.92. The summed E-state index contributed by atoms with van der Waals surface area (Å²) < 4.78 is 15.1. The number of hydrogen-bond donors (Lipinski definition) is 2. The third-order valence-electron chi connectivity index (χ3n) is 3.65. The fourth-order valence-corrected chi connectivity index (χ4v) is 3.67. The second kappa shape index (κ2) is 10.0. The molecule has 2 aromatic rings. The lowest BCUT2D eigenvalue weighted by molar-refractivity contribution is -0.143. The molecule has 29 heavy (non-hydrogen) atoms. The molecule has 0 aliphatic rings. The molecule has 0 fully saturated rings. The Balaban J connectivity index is 2.06. The van der Waals surface area contributed by atoms with Gasteiger partial charge in [0.05, 0.1) is 14.2 Å². The van der Waals surface area contributed by atoms with Crippen LogP contribution in [-0.2, 0) is 25.6 Å². The van der Waals surface area contributed by atoms with E-state index >= 15 is 0 Å². The molecule has 0 atom stereocenters. The number of carbonyl (C=O) groups is 4. The van der Waals surface area contributed by atoms with E-state index in [1.54, 1.807) is 24.3 Å². The van der Waals surface area contributed by atoms with Crippen LogP contribution in [0.25, 0.3) is 0 Å². The number of benzene rings is 1. The van der Waals surface area contributed by atoms with Crippen LogP contribution in [0.3, 0.4) is 0 Å². The minimum atomic E-state index is -0.775. The van der Waals surface area contributed by atoms with Gasteiger partial charge >= 0.3 is 17.9 Å². The summed E-state index contributed by atoms with van der Waals surface area (Å²) in [6, 6.07) is 6.63. The van der Waals surface area contributed by atoms with Crippen LogP contribution in [0.4, 0.5) is 5.00 Å². The predicted octanol–water partition coefficient (Wildman–Crippen LogP) is 2.14. The standard InChI is InChI=1S/C18H17BrN2O7S/c1-26-17(24)13-11(14(18(25)27-2)29-15(13)20)8-28-12(22)7-21-16(23)9-4-3-5-10(19)6-9/h3-6H,7-8,20H2,1-2H3,(H,21,23). The fraction of sp³-hybridized carbons (Fsp3) is 0.222. The molecule has 1 aromatic heterocycles. The van der Waals surface area contributed by atoms with Crippen molar-refractivity contribution in [2.24, 2.45) is 0 Å². The summed E-state index contributed by atoms with van der Waals surface area (Å²) in [5, 5.41) is 2.46. The first-order valence-electron chi connectivity index (χ1n) is 8.05. The topological polar surface area (TPSA) is 134 Å². The van der Waals surface area contributed by atoms with Crippen LogP contribution in [0.15, 0.2) is 28.7 Å². The summed E-state index contributed by atoms with van der Waals surface area (Å²) in [6.45, 7) is -0.833. The van der Waals surface area contributed by atoms with Gasteiger partial charge in [-0.15, -0.1) is 11.3 Å². The molecule has 11 heteroatoms. The second-order valence-electron chi connectivity index (χ2n) is 5.49. The van der Waals surface area contributed by atoms with Gasteiger partial charge in [0.25, 0.3) is 5.91 Å². The molecule has 0 saturated carbocycles. The molecular weight excluding hydrogens is 468 g/mol. The Bertz CT molecular complexity index is 958. The van der Waals surface area contributed by atoms with Gasteiger partial charge in [-0.3, -0.25) is 9.59 Å². The third-order valence-corrected chi connectivity index (χ3v) is 5.19. The van der Waals surface area contributed by atoms with E-state index in [1.165, 1.54) is 7.11 Å². The highest BCUT2D eigenvalue weighted by molar-refractivity contribution is 9.10. The van der Waals surface area contributed by atoms with Crippen LogP contribution < -0.4 is 11.1 Å². The number of amides is 1. The van der Waals surface area contributed by atoms with Gasteiger partial charge in [-0.05, 0) is 18.2 Å². The third kappa shape index (κ3) is 5.55. The first-order chi connectivity index (χ1) is 13.8. The van der Waals surface area contributed by atoms with Crippen molar-refractivity contribution in [3.63, 3.8) is 0 Å². The number of esters is 3. The molecule has 0 aliphatic heterocycles. The molecular formula is C18H17BrN2O7S. The SMILES string of the molecule is COC(=O)c1sc(N)c(C(=O)OC)c1COC(=O)CNC(=O)c1cccc(Br)c1. The highest BCUT2D eigenvalue weighted by Crippen LogP contribution is 2.33. The predicted molar refractivity (Wildman–Crippen MR) is 108 cm³/mol. The quantitative estimate of drug-likeness (QED) is 0.450. The maximum Gasteiger partial charge on any atom is 0.348 e. The molecule has 1 aromatic carbocycles. The van der Waals surface area contributed by atoms with Crippen molar-refractivity contribution >= 4 is 56.1 Å². The molecule has 1 amide bonds. The Kier molecular flexibility index (Phi) is 7.74. The van der Waals surface area contributed by atoms with Crippen molar-refractivity contribution in [2.75, 3.05) is 26.5 Å². The summed E-state index contributed by atoms with van der Waals surface area (Å²) in [5.41, 5.74) is 6.18. The minimum Gasteiger partial charge on any atom is -0.465 e. The minimum absolute atomic E-state index is 0.0244. The van der Waals surface area contributed by atoms with Gasteiger partial charge in [0.2, 0.25) is 0 Å². The number of ether oxygens (including phenoxy) is 3. The van der Waals surface area contributed by atoms with Crippen LogP contribution in [0.2, 0.25) is 0 Å². The highest BCUT2D eigenvalue weighted by Gasteiger charge is 2.28.